The molecule has 8 heteroatoms. The minimum Gasteiger partial charge on any atom is -0.478 e. The molecule has 0 amide bonds. The van der Waals surface area contributed by atoms with E-state index in [2.05, 4.69) is 0 Å². The van der Waals surface area contributed by atoms with E-state index < -0.39 is 21.0 Å². The Bertz CT molecular complexity index is 785. The van der Waals surface area contributed by atoms with Gasteiger partial charge in [-0.1, -0.05) is 23.2 Å². The molecule has 0 bridgehead atoms. The van der Waals surface area contributed by atoms with Crippen LogP contribution in [0.2, 0.25) is 10.0 Å². The molecule has 0 aliphatic rings. The zero-order chi connectivity index (χ0) is 15.6. The number of hydrogen-bond donors (Lipinski definition) is 1. The van der Waals surface area contributed by atoms with Gasteiger partial charge >= 0.3 is 16.1 Å². The van der Waals surface area contributed by atoms with Gasteiger partial charge < -0.3 is 9.29 Å². The van der Waals surface area contributed by atoms with Crippen molar-refractivity contribution in [2.45, 2.75) is 4.90 Å². The Labute approximate surface area is 130 Å². The number of carboxylic acids is 1. The second-order valence-electron chi connectivity index (χ2n) is 3.94. The summed E-state index contributed by atoms with van der Waals surface area (Å²) in [7, 11) is -4.25. The zero-order valence-electron chi connectivity index (χ0n) is 10.3. The van der Waals surface area contributed by atoms with Gasteiger partial charge in [0.2, 0.25) is 0 Å². The summed E-state index contributed by atoms with van der Waals surface area (Å²) in [4.78, 5) is 10.5. The number of halogens is 2. The first-order chi connectivity index (χ1) is 9.79. The summed E-state index contributed by atoms with van der Waals surface area (Å²) >= 11 is 11.5. The maximum Gasteiger partial charge on any atom is 0.340 e. The van der Waals surface area contributed by atoms with E-state index in [0.29, 0.717) is 5.02 Å². The maximum atomic E-state index is 12.1. The second kappa shape index (κ2) is 5.93. The van der Waals surface area contributed by atoms with E-state index in [1.54, 1.807) is 0 Å². The lowest BCUT2D eigenvalue weighted by atomic mass is 10.2. The fourth-order valence-corrected chi connectivity index (χ4v) is 3.05. The predicted molar refractivity (Wildman–Crippen MR) is 77.7 cm³/mol. The Morgan fingerprint density at radius 3 is 2.24 bits per heavy atom. The predicted octanol–water partition coefficient (Wildman–Crippen LogP) is 3.46. The van der Waals surface area contributed by atoms with Gasteiger partial charge in [0, 0.05) is 5.02 Å². The Morgan fingerprint density at radius 1 is 1.05 bits per heavy atom. The lowest BCUT2D eigenvalue weighted by Gasteiger charge is -2.09. The van der Waals surface area contributed by atoms with E-state index in [9.17, 15) is 13.2 Å². The molecule has 0 aromatic heterocycles. The number of benzene rings is 2. The molecule has 1 N–H and O–H groups in total. The van der Waals surface area contributed by atoms with Gasteiger partial charge in [-0.05, 0) is 42.5 Å². The van der Waals surface area contributed by atoms with Crippen LogP contribution in [0.15, 0.2) is 47.4 Å². The van der Waals surface area contributed by atoms with Crippen molar-refractivity contribution in [3.63, 3.8) is 0 Å². The van der Waals surface area contributed by atoms with Gasteiger partial charge in [0.25, 0.3) is 0 Å². The number of carboxylic acid groups (broad SMARTS) is 1. The summed E-state index contributed by atoms with van der Waals surface area (Å²) in [6.45, 7) is 0. The molecule has 110 valence electrons. The molecule has 0 aliphatic carbocycles. The summed E-state index contributed by atoms with van der Waals surface area (Å²) in [5.74, 6) is -1.23. The summed E-state index contributed by atoms with van der Waals surface area (Å²) in [5.41, 5.74) is -0.210. The summed E-state index contributed by atoms with van der Waals surface area (Å²) < 4.78 is 29.2. The molecular weight excluding hydrogens is 339 g/mol. The molecule has 0 radical (unpaired) electrons. The molecule has 0 spiro atoms. The summed E-state index contributed by atoms with van der Waals surface area (Å²) in [5, 5.41) is 9.18. The quantitative estimate of drug-likeness (QED) is 0.857. The van der Waals surface area contributed by atoms with E-state index in [-0.39, 0.29) is 16.3 Å². The van der Waals surface area contributed by atoms with Crippen LogP contribution < -0.4 is 4.18 Å². The molecule has 2 aromatic rings. The number of rotatable bonds is 4. The van der Waals surface area contributed by atoms with Crippen molar-refractivity contribution in [3.05, 3.63) is 58.1 Å². The first-order valence-electron chi connectivity index (χ1n) is 5.52. The molecule has 2 rings (SSSR count). The largest absolute Gasteiger partial charge is 0.478 e. The molecule has 2 aromatic carbocycles. The fourth-order valence-electron chi connectivity index (χ4n) is 1.49. The monoisotopic (exact) mass is 346 g/mol. The molecule has 0 saturated carbocycles. The Morgan fingerprint density at radius 2 is 1.67 bits per heavy atom. The van der Waals surface area contributed by atoms with Gasteiger partial charge in [0.15, 0.2) is 0 Å². The molecule has 21 heavy (non-hydrogen) atoms. The standard InChI is InChI=1S/C13H8Cl2O5S/c14-9-2-4-10(5-3-9)20-21(18,19)12-7-8(13(16)17)1-6-11(12)15/h1-7H,(H,16,17). The minimum absolute atomic E-state index is 0.0381. The van der Waals surface area contributed by atoms with Gasteiger partial charge in [0.05, 0.1) is 10.6 Å². The number of carbonyl (C=O) groups is 1. The van der Waals surface area contributed by atoms with Crippen molar-refractivity contribution in [1.82, 2.24) is 0 Å². The van der Waals surface area contributed by atoms with E-state index in [4.69, 9.17) is 32.5 Å². The van der Waals surface area contributed by atoms with Crippen molar-refractivity contribution < 1.29 is 22.5 Å². The van der Waals surface area contributed by atoms with Crippen LogP contribution >= 0.6 is 23.2 Å². The maximum absolute atomic E-state index is 12.1. The van der Waals surface area contributed by atoms with Crippen LogP contribution in [0.1, 0.15) is 10.4 Å². The second-order valence-corrected chi connectivity index (χ2v) is 6.30. The van der Waals surface area contributed by atoms with Crippen molar-refractivity contribution in [2.24, 2.45) is 0 Å². The molecule has 0 atom stereocenters. The molecule has 0 saturated heterocycles. The van der Waals surface area contributed by atoms with Crippen LogP contribution in [0.25, 0.3) is 0 Å². The Hall–Kier alpha value is -1.76. The van der Waals surface area contributed by atoms with Crippen LogP contribution in [-0.2, 0) is 10.1 Å². The van der Waals surface area contributed by atoms with E-state index in [1.165, 1.54) is 36.4 Å². The Balaban J connectivity index is 2.41. The highest BCUT2D eigenvalue weighted by Crippen LogP contribution is 2.26. The van der Waals surface area contributed by atoms with Crippen molar-refractivity contribution in [3.8, 4) is 5.75 Å². The van der Waals surface area contributed by atoms with Crippen molar-refractivity contribution in [2.75, 3.05) is 0 Å². The third kappa shape index (κ3) is 3.66. The minimum atomic E-state index is -4.25. The van der Waals surface area contributed by atoms with Crippen LogP contribution in [0.4, 0.5) is 0 Å². The Kier molecular flexibility index (Phi) is 4.41. The lowest BCUT2D eigenvalue weighted by molar-refractivity contribution is 0.0696. The molecule has 0 fully saturated rings. The number of hydrogen-bond acceptors (Lipinski definition) is 4. The van der Waals surface area contributed by atoms with Crippen LogP contribution in [0.3, 0.4) is 0 Å². The van der Waals surface area contributed by atoms with Gasteiger partial charge in [-0.3, -0.25) is 0 Å². The topological polar surface area (TPSA) is 80.7 Å². The zero-order valence-corrected chi connectivity index (χ0v) is 12.6. The van der Waals surface area contributed by atoms with Crippen LogP contribution in [0, 0.1) is 0 Å². The SMILES string of the molecule is O=C(O)c1ccc(Cl)c(S(=O)(=O)Oc2ccc(Cl)cc2)c1. The van der Waals surface area contributed by atoms with Gasteiger partial charge in [-0.25, -0.2) is 4.79 Å². The van der Waals surface area contributed by atoms with Crippen LogP contribution in [0.5, 0.6) is 5.75 Å². The molecule has 0 aliphatic heterocycles. The fraction of sp³-hybridized carbons (Fsp3) is 0. The molecule has 5 nitrogen and oxygen atoms in total. The third-order valence-corrected chi connectivity index (χ3v) is 4.45. The summed E-state index contributed by atoms with van der Waals surface area (Å²) in [6, 6.07) is 8.98. The smallest absolute Gasteiger partial charge is 0.340 e. The molecule has 0 unspecified atom stereocenters. The first-order valence-corrected chi connectivity index (χ1v) is 7.69. The van der Waals surface area contributed by atoms with Gasteiger partial charge in [0.1, 0.15) is 10.6 Å². The normalized spacial score (nSPS) is 11.1. The highest BCUT2D eigenvalue weighted by molar-refractivity contribution is 7.87. The first kappa shape index (κ1) is 15.6. The highest BCUT2D eigenvalue weighted by Gasteiger charge is 2.22. The molecular formula is C13H8Cl2O5S. The van der Waals surface area contributed by atoms with E-state index in [1.807, 2.05) is 0 Å². The van der Waals surface area contributed by atoms with Crippen molar-refractivity contribution >= 4 is 39.3 Å². The van der Waals surface area contributed by atoms with Gasteiger partial charge in [-0.15, -0.1) is 0 Å². The van der Waals surface area contributed by atoms with Crippen molar-refractivity contribution in [1.29, 1.82) is 0 Å². The van der Waals surface area contributed by atoms with Crippen LogP contribution in [-0.4, -0.2) is 19.5 Å². The lowest BCUT2D eigenvalue weighted by Crippen LogP contribution is -2.11. The van der Waals surface area contributed by atoms with E-state index >= 15 is 0 Å². The average molecular weight is 347 g/mol. The number of aromatic carboxylic acids is 1. The average Bonchev–Trinajstić information content (AvgIpc) is 2.41. The van der Waals surface area contributed by atoms with Gasteiger partial charge in [-0.2, -0.15) is 8.42 Å². The molecule has 0 heterocycles. The highest BCUT2D eigenvalue weighted by atomic mass is 35.5. The van der Waals surface area contributed by atoms with E-state index in [0.717, 1.165) is 6.07 Å². The third-order valence-electron chi connectivity index (χ3n) is 2.47. The summed E-state index contributed by atoms with van der Waals surface area (Å²) in [6.07, 6.45) is 0.